The maximum atomic E-state index is 12.9. The number of anilines is 1. The largest absolute Gasteiger partial charge is 0.484 e. The minimum atomic E-state index is -0.337. The van der Waals surface area contributed by atoms with Crippen molar-refractivity contribution < 1.29 is 13.9 Å². The lowest BCUT2D eigenvalue weighted by Gasteiger charge is -2.35. The third kappa shape index (κ3) is 4.50. The number of halogens is 1. The molecule has 0 bridgehead atoms. The second-order valence-electron chi connectivity index (χ2n) is 6.71. The van der Waals surface area contributed by atoms with E-state index in [-0.39, 0.29) is 18.3 Å². The van der Waals surface area contributed by atoms with Crippen molar-refractivity contribution in [3.05, 3.63) is 60.7 Å². The molecule has 9 heteroatoms. The summed E-state index contributed by atoms with van der Waals surface area (Å²) in [6.45, 7) is 4.29. The normalized spacial score (nSPS) is 14.1. The lowest BCUT2D eigenvalue weighted by Crippen LogP contribution is -2.50. The molecule has 29 heavy (non-hydrogen) atoms. The smallest absolute Gasteiger partial charge is 0.260 e. The molecule has 0 aliphatic carbocycles. The van der Waals surface area contributed by atoms with E-state index in [1.165, 1.54) is 24.3 Å². The topological polar surface area (TPSA) is 76.4 Å². The van der Waals surface area contributed by atoms with Crippen LogP contribution in [0, 0.1) is 12.7 Å². The van der Waals surface area contributed by atoms with Crippen molar-refractivity contribution in [3.63, 3.8) is 0 Å². The van der Waals surface area contributed by atoms with Gasteiger partial charge in [0, 0.05) is 44.6 Å². The van der Waals surface area contributed by atoms with Crippen molar-refractivity contribution in [2.45, 2.75) is 6.92 Å². The van der Waals surface area contributed by atoms with Crippen molar-refractivity contribution in [1.82, 2.24) is 24.4 Å². The number of carbonyl (C=O) groups excluding carboxylic acids is 1. The summed E-state index contributed by atoms with van der Waals surface area (Å²) >= 11 is 0. The van der Waals surface area contributed by atoms with Crippen LogP contribution in [-0.4, -0.2) is 63.1 Å². The van der Waals surface area contributed by atoms with Gasteiger partial charge in [-0.2, -0.15) is 0 Å². The Hall–Kier alpha value is -3.49. The third-order valence-corrected chi connectivity index (χ3v) is 4.71. The summed E-state index contributed by atoms with van der Waals surface area (Å²) in [5, 5.41) is 0. The van der Waals surface area contributed by atoms with Gasteiger partial charge in [-0.25, -0.2) is 19.3 Å². The second kappa shape index (κ2) is 8.26. The minimum Gasteiger partial charge on any atom is -0.484 e. The summed E-state index contributed by atoms with van der Waals surface area (Å²) < 4.78 is 20.2. The van der Waals surface area contributed by atoms with Crippen LogP contribution in [0.15, 0.2) is 49.1 Å². The molecule has 3 heterocycles. The highest BCUT2D eigenvalue weighted by atomic mass is 19.1. The zero-order valence-electron chi connectivity index (χ0n) is 16.0. The van der Waals surface area contributed by atoms with Gasteiger partial charge in [-0.1, -0.05) is 0 Å². The molecule has 0 N–H and O–H groups in total. The van der Waals surface area contributed by atoms with Gasteiger partial charge >= 0.3 is 0 Å². The first-order valence-corrected chi connectivity index (χ1v) is 9.33. The molecule has 0 unspecified atom stereocenters. The molecule has 1 saturated heterocycles. The average Bonchev–Trinajstić information content (AvgIpc) is 3.28. The highest BCUT2D eigenvalue weighted by molar-refractivity contribution is 5.78. The number of aromatic nitrogens is 4. The second-order valence-corrected chi connectivity index (χ2v) is 6.71. The Balaban J connectivity index is 1.34. The number of piperazine rings is 1. The van der Waals surface area contributed by atoms with Crippen molar-refractivity contribution >= 4 is 11.7 Å². The lowest BCUT2D eigenvalue weighted by atomic mass is 10.3. The molecule has 3 aromatic rings. The molecule has 1 aliphatic rings. The molecule has 1 fully saturated rings. The van der Waals surface area contributed by atoms with E-state index < -0.39 is 0 Å². The summed E-state index contributed by atoms with van der Waals surface area (Å²) in [5.74, 6) is 2.31. The number of ether oxygens (including phenoxy) is 1. The van der Waals surface area contributed by atoms with E-state index in [0.717, 1.165) is 11.6 Å². The monoisotopic (exact) mass is 396 g/mol. The molecule has 0 atom stereocenters. The first kappa shape index (κ1) is 18.9. The number of aryl methyl sites for hydroxylation is 1. The van der Waals surface area contributed by atoms with Gasteiger partial charge in [0.25, 0.3) is 5.91 Å². The van der Waals surface area contributed by atoms with Crippen LogP contribution in [0.3, 0.4) is 0 Å². The number of amides is 1. The molecular formula is C20H21FN6O2. The van der Waals surface area contributed by atoms with Gasteiger partial charge in [-0.15, -0.1) is 0 Å². The first-order valence-electron chi connectivity index (χ1n) is 9.33. The van der Waals surface area contributed by atoms with Gasteiger partial charge < -0.3 is 14.5 Å². The number of hydrogen-bond acceptors (Lipinski definition) is 6. The molecule has 0 spiro atoms. The Morgan fingerprint density at radius 1 is 1.10 bits per heavy atom. The fourth-order valence-electron chi connectivity index (χ4n) is 3.18. The van der Waals surface area contributed by atoms with E-state index in [1.54, 1.807) is 17.4 Å². The predicted octanol–water partition coefficient (Wildman–Crippen LogP) is 1.84. The number of hydrogen-bond donors (Lipinski definition) is 0. The highest BCUT2D eigenvalue weighted by Crippen LogP contribution is 2.18. The summed E-state index contributed by atoms with van der Waals surface area (Å²) in [4.78, 5) is 29.4. The van der Waals surface area contributed by atoms with E-state index in [2.05, 4.69) is 19.9 Å². The van der Waals surface area contributed by atoms with E-state index in [0.29, 0.717) is 37.8 Å². The van der Waals surface area contributed by atoms with Crippen LogP contribution >= 0.6 is 0 Å². The molecule has 0 saturated carbocycles. The third-order valence-electron chi connectivity index (χ3n) is 4.71. The van der Waals surface area contributed by atoms with E-state index in [1.807, 2.05) is 23.8 Å². The van der Waals surface area contributed by atoms with Gasteiger partial charge in [0.1, 0.15) is 35.4 Å². The Morgan fingerprint density at radius 3 is 2.52 bits per heavy atom. The first-order chi connectivity index (χ1) is 14.1. The number of imidazole rings is 1. The van der Waals surface area contributed by atoms with E-state index >= 15 is 0 Å². The van der Waals surface area contributed by atoms with Gasteiger partial charge in [-0.3, -0.25) is 9.36 Å². The van der Waals surface area contributed by atoms with Crippen LogP contribution in [0.4, 0.5) is 10.2 Å². The zero-order valence-corrected chi connectivity index (χ0v) is 16.0. The molecule has 150 valence electrons. The molecule has 8 nitrogen and oxygen atoms in total. The Bertz CT molecular complexity index is 969. The van der Waals surface area contributed by atoms with Gasteiger partial charge in [-0.05, 0) is 31.2 Å². The van der Waals surface area contributed by atoms with Crippen molar-refractivity contribution in [2.75, 3.05) is 37.7 Å². The van der Waals surface area contributed by atoms with Crippen LogP contribution in [0.2, 0.25) is 0 Å². The standard InChI is InChI=1S/C20H21FN6O2/c1-15-23-18(12-19(24-15)27-7-6-22-14-27)25-8-10-26(11-9-25)20(28)13-29-17-4-2-16(21)3-5-17/h2-7,12,14H,8-11,13H2,1H3. The fraction of sp³-hybridized carbons (Fsp3) is 0.300. The van der Waals surface area contributed by atoms with Crippen LogP contribution in [0.25, 0.3) is 5.82 Å². The van der Waals surface area contributed by atoms with Crippen LogP contribution in [0.1, 0.15) is 5.82 Å². The number of rotatable bonds is 5. The molecule has 1 aromatic carbocycles. The SMILES string of the molecule is Cc1nc(N2CCN(C(=O)COc3ccc(F)cc3)CC2)cc(-n2ccnc2)n1. The van der Waals surface area contributed by atoms with Crippen molar-refractivity contribution in [3.8, 4) is 11.6 Å². The summed E-state index contributed by atoms with van der Waals surface area (Å²) in [5.41, 5.74) is 0. The maximum Gasteiger partial charge on any atom is 0.260 e. The fourth-order valence-corrected chi connectivity index (χ4v) is 3.18. The Morgan fingerprint density at radius 2 is 1.83 bits per heavy atom. The molecule has 2 aromatic heterocycles. The summed E-state index contributed by atoms with van der Waals surface area (Å²) in [7, 11) is 0. The van der Waals surface area contributed by atoms with Gasteiger partial charge in [0.05, 0.1) is 0 Å². The summed E-state index contributed by atoms with van der Waals surface area (Å²) in [6.07, 6.45) is 5.24. The molecule has 4 rings (SSSR count). The summed E-state index contributed by atoms with van der Waals surface area (Å²) in [6, 6.07) is 7.55. The zero-order chi connectivity index (χ0) is 20.2. The van der Waals surface area contributed by atoms with Crippen molar-refractivity contribution in [2.24, 2.45) is 0 Å². The molecule has 1 amide bonds. The quantitative estimate of drug-likeness (QED) is 0.655. The Labute approximate surface area is 167 Å². The van der Waals surface area contributed by atoms with Gasteiger partial charge in [0.15, 0.2) is 6.61 Å². The molecular weight excluding hydrogens is 375 g/mol. The average molecular weight is 396 g/mol. The van der Waals surface area contributed by atoms with Crippen LogP contribution < -0.4 is 9.64 Å². The lowest BCUT2D eigenvalue weighted by molar-refractivity contribution is -0.133. The predicted molar refractivity (Wildman–Crippen MR) is 105 cm³/mol. The minimum absolute atomic E-state index is 0.0664. The molecule has 1 aliphatic heterocycles. The van der Waals surface area contributed by atoms with Crippen LogP contribution in [-0.2, 0) is 4.79 Å². The molecule has 0 radical (unpaired) electrons. The highest BCUT2D eigenvalue weighted by Gasteiger charge is 2.23. The van der Waals surface area contributed by atoms with E-state index in [9.17, 15) is 9.18 Å². The Kier molecular flexibility index (Phi) is 5.37. The van der Waals surface area contributed by atoms with Gasteiger partial charge in [0.2, 0.25) is 0 Å². The number of benzene rings is 1. The van der Waals surface area contributed by atoms with E-state index in [4.69, 9.17) is 4.74 Å². The van der Waals surface area contributed by atoms with Crippen LogP contribution in [0.5, 0.6) is 5.75 Å². The maximum absolute atomic E-state index is 12.9. The number of nitrogens with zero attached hydrogens (tertiary/aromatic N) is 6. The van der Waals surface area contributed by atoms with Crippen molar-refractivity contribution in [1.29, 1.82) is 0 Å². The number of carbonyl (C=O) groups is 1.